The third kappa shape index (κ3) is 2.74. The molecule has 1 saturated carbocycles. The maximum Gasteiger partial charge on any atom is 0.260 e. The van der Waals surface area contributed by atoms with E-state index in [1.807, 2.05) is 17.0 Å². The van der Waals surface area contributed by atoms with Crippen molar-refractivity contribution >= 4 is 27.3 Å². The minimum absolute atomic E-state index is 0.105. The molecule has 1 aliphatic rings. The number of thiophene rings is 1. The van der Waals surface area contributed by atoms with Gasteiger partial charge in [-0.25, -0.2) is 4.68 Å². The molecule has 0 spiro atoms. The number of aromatic nitrogens is 2. The maximum atomic E-state index is 14.4. The Hall–Kier alpha value is -2.21. The van der Waals surface area contributed by atoms with Gasteiger partial charge in [0.25, 0.3) is 5.91 Å². The number of amides is 1. The van der Waals surface area contributed by atoms with Crippen molar-refractivity contribution in [3.63, 3.8) is 0 Å². The Labute approximate surface area is 149 Å². The molecule has 0 saturated heterocycles. The van der Waals surface area contributed by atoms with Crippen LogP contribution in [0, 0.1) is 19.8 Å². The van der Waals surface area contributed by atoms with Crippen LogP contribution in [0.1, 0.15) is 39.3 Å². The zero-order valence-corrected chi connectivity index (χ0v) is 15.4. The van der Waals surface area contributed by atoms with Crippen molar-refractivity contribution in [3.05, 3.63) is 51.9 Å². The molecular weight excluding hydrogens is 337 g/mol. The fourth-order valence-electron chi connectivity index (χ4n) is 3.30. The Kier molecular flexibility index (Phi) is 3.87. The van der Waals surface area contributed by atoms with Crippen LogP contribution in [0.3, 0.4) is 0 Å². The van der Waals surface area contributed by atoms with Gasteiger partial charge < -0.3 is 4.90 Å². The Morgan fingerprint density at radius 1 is 1.36 bits per heavy atom. The van der Waals surface area contributed by atoms with Crippen LogP contribution in [-0.4, -0.2) is 26.6 Å². The number of carbonyl (C=O) groups excluding carboxylic acids is 1. The normalized spacial score (nSPS) is 14.2. The molecule has 0 N–H and O–H groups in total. The predicted molar refractivity (Wildman–Crippen MR) is 97.4 cm³/mol. The highest BCUT2D eigenvalue weighted by molar-refractivity contribution is 7.19. The molecule has 25 heavy (non-hydrogen) atoms. The van der Waals surface area contributed by atoms with E-state index in [4.69, 9.17) is 0 Å². The lowest BCUT2D eigenvalue weighted by atomic mass is 10.1. The van der Waals surface area contributed by atoms with E-state index in [-0.39, 0.29) is 17.5 Å². The average molecular weight is 357 g/mol. The number of hydrogen-bond donors (Lipinski definition) is 0. The average Bonchev–Trinajstić information content (AvgIpc) is 3.33. The molecule has 1 fully saturated rings. The van der Waals surface area contributed by atoms with Crippen molar-refractivity contribution in [2.24, 2.45) is 7.05 Å². The summed E-state index contributed by atoms with van der Waals surface area (Å²) >= 11 is 1.72. The van der Waals surface area contributed by atoms with Gasteiger partial charge in [-0.15, -0.1) is 11.3 Å². The molecule has 2 aromatic heterocycles. The molecule has 0 radical (unpaired) electrons. The number of carbonyl (C=O) groups is 1. The van der Waals surface area contributed by atoms with Gasteiger partial charge in [0.05, 0.1) is 12.2 Å². The van der Waals surface area contributed by atoms with Crippen LogP contribution >= 0.6 is 11.3 Å². The first-order valence-corrected chi connectivity index (χ1v) is 9.26. The molecule has 2 heterocycles. The SMILES string of the molecule is Cc1nn(C)c(F)c1C(=O)N(Cc1sc2ccccc2c1C)C1CC1. The molecule has 4 rings (SSSR count). The Morgan fingerprint density at radius 2 is 2.08 bits per heavy atom. The molecule has 130 valence electrons. The first-order valence-electron chi connectivity index (χ1n) is 8.44. The second-order valence-corrected chi connectivity index (χ2v) is 7.82. The van der Waals surface area contributed by atoms with Crippen molar-refractivity contribution in [3.8, 4) is 0 Å². The molecule has 1 aliphatic carbocycles. The summed E-state index contributed by atoms with van der Waals surface area (Å²) in [4.78, 5) is 16.0. The number of halogens is 1. The molecule has 0 aliphatic heterocycles. The Morgan fingerprint density at radius 3 is 2.68 bits per heavy atom. The number of benzene rings is 1. The van der Waals surface area contributed by atoms with Gasteiger partial charge in [-0.05, 0) is 43.7 Å². The minimum Gasteiger partial charge on any atom is -0.330 e. The first kappa shape index (κ1) is 16.3. The highest BCUT2D eigenvalue weighted by Crippen LogP contribution is 2.36. The van der Waals surface area contributed by atoms with Crippen molar-refractivity contribution in [2.75, 3.05) is 0 Å². The summed E-state index contributed by atoms with van der Waals surface area (Å²) < 4.78 is 16.7. The second kappa shape index (κ2) is 5.95. The van der Waals surface area contributed by atoms with E-state index in [2.05, 4.69) is 24.2 Å². The number of fused-ring (bicyclic) bond motifs is 1. The van der Waals surface area contributed by atoms with E-state index < -0.39 is 5.95 Å². The lowest BCUT2D eigenvalue weighted by Crippen LogP contribution is -2.33. The number of hydrogen-bond acceptors (Lipinski definition) is 3. The lowest BCUT2D eigenvalue weighted by molar-refractivity contribution is 0.0725. The summed E-state index contributed by atoms with van der Waals surface area (Å²) in [7, 11) is 1.52. The third-order valence-electron chi connectivity index (χ3n) is 4.87. The Bertz CT molecular complexity index is 971. The maximum absolute atomic E-state index is 14.4. The molecule has 4 nitrogen and oxygen atoms in total. The highest BCUT2D eigenvalue weighted by Gasteiger charge is 2.36. The van der Waals surface area contributed by atoms with Gasteiger partial charge >= 0.3 is 0 Å². The molecule has 6 heteroatoms. The van der Waals surface area contributed by atoms with Crippen molar-refractivity contribution in [2.45, 2.75) is 39.3 Å². The predicted octanol–water partition coefficient (Wildman–Crippen LogP) is 4.20. The zero-order chi connectivity index (χ0) is 17.7. The topological polar surface area (TPSA) is 38.1 Å². The Balaban J connectivity index is 1.70. The minimum atomic E-state index is -0.554. The van der Waals surface area contributed by atoms with Gasteiger partial charge in [-0.1, -0.05) is 18.2 Å². The van der Waals surface area contributed by atoms with E-state index in [1.165, 1.54) is 27.6 Å². The number of aryl methyl sites for hydroxylation is 3. The van der Waals surface area contributed by atoms with Gasteiger partial charge in [-0.2, -0.15) is 9.49 Å². The summed E-state index contributed by atoms with van der Waals surface area (Å²) in [6.45, 7) is 4.31. The van der Waals surface area contributed by atoms with E-state index in [9.17, 15) is 9.18 Å². The van der Waals surface area contributed by atoms with Crippen molar-refractivity contribution in [1.82, 2.24) is 14.7 Å². The molecular formula is C19H20FN3OS. The van der Waals surface area contributed by atoms with Crippen LogP contribution in [-0.2, 0) is 13.6 Å². The van der Waals surface area contributed by atoms with Gasteiger partial charge in [-0.3, -0.25) is 4.79 Å². The van der Waals surface area contributed by atoms with Crippen LogP contribution in [0.4, 0.5) is 4.39 Å². The highest BCUT2D eigenvalue weighted by atomic mass is 32.1. The van der Waals surface area contributed by atoms with E-state index >= 15 is 0 Å². The van der Waals surface area contributed by atoms with E-state index in [0.29, 0.717) is 12.2 Å². The summed E-state index contributed by atoms with van der Waals surface area (Å²) in [6.07, 6.45) is 1.97. The van der Waals surface area contributed by atoms with E-state index in [0.717, 1.165) is 17.5 Å². The largest absolute Gasteiger partial charge is 0.330 e. The zero-order valence-electron chi connectivity index (χ0n) is 14.5. The van der Waals surface area contributed by atoms with Gasteiger partial charge in [0, 0.05) is 22.7 Å². The molecule has 0 bridgehead atoms. The van der Waals surface area contributed by atoms with Gasteiger partial charge in [0.1, 0.15) is 5.56 Å². The summed E-state index contributed by atoms with van der Waals surface area (Å²) in [5.41, 5.74) is 1.76. The van der Waals surface area contributed by atoms with Crippen LogP contribution < -0.4 is 0 Å². The van der Waals surface area contributed by atoms with Crippen molar-refractivity contribution < 1.29 is 9.18 Å². The molecule has 3 aromatic rings. The van der Waals surface area contributed by atoms with Crippen LogP contribution in [0.5, 0.6) is 0 Å². The summed E-state index contributed by atoms with van der Waals surface area (Å²) in [6, 6.07) is 8.48. The monoisotopic (exact) mass is 357 g/mol. The molecule has 0 atom stereocenters. The van der Waals surface area contributed by atoms with E-state index in [1.54, 1.807) is 18.3 Å². The quantitative estimate of drug-likeness (QED) is 0.702. The summed E-state index contributed by atoms with van der Waals surface area (Å²) in [5, 5.41) is 5.28. The molecule has 1 aromatic carbocycles. The first-order chi connectivity index (χ1) is 12.0. The lowest BCUT2D eigenvalue weighted by Gasteiger charge is -2.22. The third-order valence-corrected chi connectivity index (χ3v) is 6.13. The van der Waals surface area contributed by atoms with Gasteiger partial charge in [0.2, 0.25) is 5.95 Å². The molecule has 0 unspecified atom stereocenters. The van der Waals surface area contributed by atoms with Gasteiger partial charge in [0.15, 0.2) is 0 Å². The summed E-state index contributed by atoms with van der Waals surface area (Å²) in [5.74, 6) is -0.802. The smallest absolute Gasteiger partial charge is 0.260 e. The fourth-order valence-corrected chi connectivity index (χ4v) is 4.51. The molecule has 1 amide bonds. The van der Waals surface area contributed by atoms with Crippen LogP contribution in [0.2, 0.25) is 0 Å². The number of nitrogens with zero attached hydrogens (tertiary/aromatic N) is 3. The standard InChI is InChI=1S/C19H20FN3OS/c1-11-14-6-4-5-7-15(14)25-16(11)10-23(13-8-9-13)19(24)17-12(2)21-22(3)18(17)20/h4-7,13H,8-10H2,1-3H3. The van der Waals surface area contributed by atoms with Crippen LogP contribution in [0.15, 0.2) is 24.3 Å². The second-order valence-electron chi connectivity index (χ2n) is 6.69. The van der Waals surface area contributed by atoms with Crippen LogP contribution in [0.25, 0.3) is 10.1 Å². The fraction of sp³-hybridized carbons (Fsp3) is 0.368. The number of rotatable bonds is 4. The van der Waals surface area contributed by atoms with Crippen molar-refractivity contribution in [1.29, 1.82) is 0 Å².